The Morgan fingerprint density at radius 3 is 1.88 bits per heavy atom. The third kappa shape index (κ3) is 13.8. The smallest absolute Gasteiger partial charge is 0.330 e. The lowest BCUT2D eigenvalue weighted by Crippen LogP contribution is -2.13. The lowest BCUT2D eigenvalue weighted by atomic mass is 10.6. The largest absolute Gasteiger partial charge is 0.460 e. The Morgan fingerprint density at radius 2 is 1.41 bits per heavy atom. The topological polar surface area (TPSA) is 54.0 Å². The van der Waals surface area contributed by atoms with Crippen molar-refractivity contribution in [2.45, 2.75) is 0 Å². The highest BCUT2D eigenvalue weighted by Crippen LogP contribution is 1.85. The van der Waals surface area contributed by atoms with Crippen LogP contribution in [0.1, 0.15) is 0 Å². The average molecular weight is 358 g/mol. The van der Waals surface area contributed by atoms with E-state index in [4.69, 9.17) is 18.9 Å². The van der Waals surface area contributed by atoms with E-state index in [0.717, 1.165) is 17.1 Å². The summed E-state index contributed by atoms with van der Waals surface area (Å²) in [4.78, 5) is 10.6. The van der Waals surface area contributed by atoms with Crippen molar-refractivity contribution in [3.8, 4) is 0 Å². The second-order valence-electron chi connectivity index (χ2n) is 2.90. The van der Waals surface area contributed by atoms with Crippen LogP contribution in [-0.2, 0) is 23.7 Å². The SMILES string of the molecule is C=CC(=O)OCCOCCOCCOCCI. The first-order valence-corrected chi connectivity index (χ1v) is 6.92. The van der Waals surface area contributed by atoms with Crippen LogP contribution in [0.4, 0.5) is 0 Å². The van der Waals surface area contributed by atoms with Crippen LogP contribution in [0.15, 0.2) is 12.7 Å². The van der Waals surface area contributed by atoms with Gasteiger partial charge in [-0.25, -0.2) is 4.79 Å². The van der Waals surface area contributed by atoms with Crippen molar-refractivity contribution in [3.05, 3.63) is 12.7 Å². The van der Waals surface area contributed by atoms with E-state index < -0.39 is 5.97 Å². The summed E-state index contributed by atoms with van der Waals surface area (Å²) in [7, 11) is 0. The normalized spacial score (nSPS) is 10.2. The third-order valence-corrected chi connectivity index (χ3v) is 2.04. The van der Waals surface area contributed by atoms with Crippen molar-refractivity contribution in [2.75, 3.05) is 50.7 Å². The Hall–Kier alpha value is -0.180. The van der Waals surface area contributed by atoms with Crippen LogP contribution < -0.4 is 0 Å². The predicted octanol–water partition coefficient (Wildman–Crippen LogP) is 1.20. The van der Waals surface area contributed by atoms with Gasteiger partial charge >= 0.3 is 5.97 Å². The third-order valence-electron chi connectivity index (χ3n) is 1.60. The zero-order chi connectivity index (χ0) is 12.8. The van der Waals surface area contributed by atoms with Gasteiger partial charge in [0, 0.05) is 10.5 Å². The molecule has 0 heterocycles. The van der Waals surface area contributed by atoms with Gasteiger partial charge in [0.05, 0.1) is 39.6 Å². The molecule has 0 radical (unpaired) electrons. The van der Waals surface area contributed by atoms with E-state index in [1.54, 1.807) is 0 Å². The number of hydrogen-bond donors (Lipinski definition) is 0. The number of alkyl halides is 1. The zero-order valence-electron chi connectivity index (χ0n) is 9.86. The molecule has 0 aromatic rings. The fourth-order valence-electron chi connectivity index (χ4n) is 0.857. The van der Waals surface area contributed by atoms with Crippen LogP contribution in [-0.4, -0.2) is 56.6 Å². The number of esters is 1. The Balaban J connectivity index is 2.98. The molecule has 0 aromatic heterocycles. The molecule has 0 unspecified atom stereocenters. The Morgan fingerprint density at radius 1 is 0.941 bits per heavy atom. The van der Waals surface area contributed by atoms with E-state index in [-0.39, 0.29) is 6.61 Å². The van der Waals surface area contributed by atoms with Crippen LogP contribution in [0, 0.1) is 0 Å². The van der Waals surface area contributed by atoms with E-state index in [1.807, 2.05) is 0 Å². The van der Waals surface area contributed by atoms with E-state index in [1.165, 1.54) is 0 Å². The molecule has 0 aliphatic heterocycles. The summed E-state index contributed by atoms with van der Waals surface area (Å²) in [6.07, 6.45) is 1.12. The second-order valence-corrected chi connectivity index (χ2v) is 3.98. The van der Waals surface area contributed by atoms with Crippen molar-refractivity contribution >= 4 is 28.6 Å². The summed E-state index contributed by atoms with van der Waals surface area (Å²) < 4.78 is 21.4. The van der Waals surface area contributed by atoms with Crippen molar-refractivity contribution < 1.29 is 23.7 Å². The lowest BCUT2D eigenvalue weighted by Gasteiger charge is -2.06. The van der Waals surface area contributed by atoms with E-state index >= 15 is 0 Å². The average Bonchev–Trinajstić information content (AvgIpc) is 2.35. The van der Waals surface area contributed by atoms with Crippen molar-refractivity contribution in [1.29, 1.82) is 0 Å². The van der Waals surface area contributed by atoms with Crippen molar-refractivity contribution in [1.82, 2.24) is 0 Å². The minimum Gasteiger partial charge on any atom is -0.460 e. The van der Waals surface area contributed by atoms with Crippen LogP contribution in [0.25, 0.3) is 0 Å². The van der Waals surface area contributed by atoms with Crippen LogP contribution in [0.3, 0.4) is 0 Å². The molecule has 0 fully saturated rings. The van der Waals surface area contributed by atoms with Crippen molar-refractivity contribution in [2.24, 2.45) is 0 Å². The summed E-state index contributed by atoms with van der Waals surface area (Å²) >= 11 is 2.25. The molecule has 0 saturated carbocycles. The number of hydrogen-bond acceptors (Lipinski definition) is 5. The fraction of sp³-hybridized carbons (Fsp3) is 0.727. The molecular formula is C11H19IO5. The first kappa shape index (κ1) is 16.8. The minimum atomic E-state index is -0.433. The van der Waals surface area contributed by atoms with Crippen LogP contribution in [0.2, 0.25) is 0 Å². The maximum atomic E-state index is 10.6. The maximum absolute atomic E-state index is 10.6. The highest BCUT2D eigenvalue weighted by molar-refractivity contribution is 14.1. The Bertz CT molecular complexity index is 198. The number of carbonyl (C=O) groups is 1. The molecule has 0 aromatic carbocycles. The van der Waals surface area contributed by atoms with Gasteiger partial charge in [-0.05, 0) is 0 Å². The van der Waals surface area contributed by atoms with Crippen LogP contribution >= 0.6 is 22.6 Å². The molecule has 0 rings (SSSR count). The molecule has 0 amide bonds. The van der Waals surface area contributed by atoms with E-state index in [9.17, 15) is 4.79 Å². The van der Waals surface area contributed by atoms with Gasteiger partial charge < -0.3 is 18.9 Å². The molecule has 0 atom stereocenters. The predicted molar refractivity (Wildman–Crippen MR) is 72.5 cm³/mol. The van der Waals surface area contributed by atoms with Gasteiger partial charge in [0.25, 0.3) is 0 Å². The van der Waals surface area contributed by atoms with E-state index in [2.05, 4.69) is 29.2 Å². The van der Waals surface area contributed by atoms with Gasteiger partial charge in [-0.3, -0.25) is 0 Å². The minimum absolute atomic E-state index is 0.240. The second kappa shape index (κ2) is 13.9. The summed E-state index contributed by atoms with van der Waals surface area (Å²) in [5.41, 5.74) is 0. The van der Waals surface area contributed by atoms with Gasteiger partial charge in [-0.15, -0.1) is 0 Å². The molecule has 0 saturated heterocycles. The summed E-state index contributed by atoms with van der Waals surface area (Å²) in [5.74, 6) is -0.433. The first-order chi connectivity index (χ1) is 8.31. The maximum Gasteiger partial charge on any atom is 0.330 e. The van der Waals surface area contributed by atoms with Gasteiger partial charge in [0.15, 0.2) is 0 Å². The first-order valence-electron chi connectivity index (χ1n) is 5.39. The summed E-state index contributed by atoms with van der Waals surface area (Å²) in [6, 6.07) is 0. The number of rotatable bonds is 12. The summed E-state index contributed by atoms with van der Waals surface area (Å²) in [5, 5.41) is 0. The highest BCUT2D eigenvalue weighted by atomic mass is 127. The Kier molecular flexibility index (Phi) is 13.7. The number of carbonyl (C=O) groups excluding carboxylic acids is 1. The zero-order valence-corrected chi connectivity index (χ0v) is 12.0. The number of halogens is 1. The van der Waals surface area contributed by atoms with Gasteiger partial charge in [0.1, 0.15) is 6.61 Å². The lowest BCUT2D eigenvalue weighted by molar-refractivity contribution is -0.139. The fourth-order valence-corrected chi connectivity index (χ4v) is 1.17. The van der Waals surface area contributed by atoms with E-state index in [0.29, 0.717) is 33.0 Å². The van der Waals surface area contributed by atoms with Crippen molar-refractivity contribution in [3.63, 3.8) is 0 Å². The van der Waals surface area contributed by atoms with Crippen LogP contribution in [0.5, 0.6) is 0 Å². The van der Waals surface area contributed by atoms with Gasteiger partial charge in [-0.1, -0.05) is 29.2 Å². The van der Waals surface area contributed by atoms with Gasteiger partial charge in [-0.2, -0.15) is 0 Å². The molecule has 0 aliphatic carbocycles. The van der Waals surface area contributed by atoms with Gasteiger partial charge in [0.2, 0.25) is 0 Å². The molecule has 5 nitrogen and oxygen atoms in total. The molecule has 100 valence electrons. The molecule has 17 heavy (non-hydrogen) atoms. The highest BCUT2D eigenvalue weighted by Gasteiger charge is 1.95. The molecule has 0 bridgehead atoms. The monoisotopic (exact) mass is 358 g/mol. The standard InChI is InChI=1S/C11H19IO5/c1-2-11(13)17-10-9-16-8-7-15-6-5-14-4-3-12/h2H,1,3-10H2. The molecule has 0 aliphatic rings. The molecule has 0 N–H and O–H groups in total. The molecular weight excluding hydrogens is 339 g/mol. The molecule has 6 heteroatoms. The molecule has 0 spiro atoms. The number of ether oxygens (including phenoxy) is 4. The quantitative estimate of drug-likeness (QED) is 0.173. The summed E-state index contributed by atoms with van der Waals surface area (Å²) in [6.45, 7) is 6.84. The Labute approximate surface area is 116 Å².